The predicted molar refractivity (Wildman–Crippen MR) is 36.4 cm³/mol. The molecule has 1 unspecified atom stereocenters. The van der Waals surface area contributed by atoms with E-state index < -0.39 is 0 Å². The van der Waals surface area contributed by atoms with Crippen molar-refractivity contribution in [3.05, 3.63) is 0 Å². The summed E-state index contributed by atoms with van der Waals surface area (Å²) in [7, 11) is 0. The first-order valence-electron chi connectivity index (χ1n) is 3.10. The molecule has 1 atom stereocenters. The van der Waals surface area contributed by atoms with Crippen LogP contribution in [0.15, 0.2) is 4.99 Å². The van der Waals surface area contributed by atoms with Gasteiger partial charge in [0.05, 0.1) is 6.04 Å². The van der Waals surface area contributed by atoms with Crippen molar-refractivity contribution >= 4 is 5.71 Å². The summed E-state index contributed by atoms with van der Waals surface area (Å²) in [6.45, 7) is 8.73. The molecule has 0 saturated heterocycles. The summed E-state index contributed by atoms with van der Waals surface area (Å²) in [4.78, 5) is 4.29. The minimum Gasteiger partial charge on any atom is -0.290 e. The average molecular weight is 111 g/mol. The van der Waals surface area contributed by atoms with Gasteiger partial charge in [0.15, 0.2) is 0 Å². The molecule has 0 spiro atoms. The Morgan fingerprint density at radius 3 is 2.00 bits per heavy atom. The van der Waals surface area contributed by atoms with Gasteiger partial charge in [-0.05, 0) is 13.8 Å². The summed E-state index contributed by atoms with van der Waals surface area (Å²) in [5.74, 6) is 0. The Bertz CT molecular complexity index is 133. The van der Waals surface area contributed by atoms with E-state index in [9.17, 15) is 0 Å². The van der Waals surface area contributed by atoms with Crippen LogP contribution in [0.5, 0.6) is 0 Å². The van der Waals surface area contributed by atoms with Gasteiger partial charge in [-0.3, -0.25) is 4.99 Å². The Morgan fingerprint density at radius 2 is 2.00 bits per heavy atom. The minimum atomic E-state index is 0.389. The molecule has 46 valence electrons. The Morgan fingerprint density at radius 1 is 1.50 bits per heavy atom. The summed E-state index contributed by atoms with van der Waals surface area (Å²) >= 11 is 0. The van der Waals surface area contributed by atoms with Crippen LogP contribution in [0, 0.1) is 5.41 Å². The van der Waals surface area contributed by atoms with E-state index in [1.165, 1.54) is 5.71 Å². The Labute approximate surface area is 50.8 Å². The molecule has 0 amide bonds. The van der Waals surface area contributed by atoms with Crippen LogP contribution in [0.1, 0.15) is 27.7 Å². The lowest BCUT2D eigenvalue weighted by Gasteiger charge is -2.38. The van der Waals surface area contributed by atoms with Gasteiger partial charge in [0.1, 0.15) is 0 Å². The molecule has 0 bridgehead atoms. The molecule has 1 aliphatic heterocycles. The number of aliphatic imine (C=N–C) groups is 1. The summed E-state index contributed by atoms with van der Waals surface area (Å²) in [5, 5.41) is 0. The fourth-order valence-electron chi connectivity index (χ4n) is 0.854. The number of hydrogen-bond donors (Lipinski definition) is 0. The fourth-order valence-corrected chi connectivity index (χ4v) is 0.854. The molecular formula is C7H13N. The van der Waals surface area contributed by atoms with Crippen molar-refractivity contribution in [1.29, 1.82) is 0 Å². The minimum absolute atomic E-state index is 0.389. The quantitative estimate of drug-likeness (QED) is 0.452. The van der Waals surface area contributed by atoms with Gasteiger partial charge in [0, 0.05) is 11.1 Å². The van der Waals surface area contributed by atoms with Gasteiger partial charge in [-0.2, -0.15) is 0 Å². The van der Waals surface area contributed by atoms with Crippen LogP contribution in [0.4, 0.5) is 0 Å². The third kappa shape index (κ3) is 0.504. The van der Waals surface area contributed by atoms with Crippen LogP contribution in [-0.4, -0.2) is 11.8 Å². The van der Waals surface area contributed by atoms with Gasteiger partial charge in [0.25, 0.3) is 0 Å². The van der Waals surface area contributed by atoms with Crippen molar-refractivity contribution < 1.29 is 0 Å². The van der Waals surface area contributed by atoms with Crippen LogP contribution < -0.4 is 0 Å². The van der Waals surface area contributed by atoms with Gasteiger partial charge >= 0.3 is 0 Å². The molecule has 0 aromatic heterocycles. The molecule has 1 heteroatoms. The first kappa shape index (κ1) is 5.80. The molecule has 1 aliphatic rings. The van der Waals surface area contributed by atoms with Crippen LogP contribution >= 0.6 is 0 Å². The number of rotatable bonds is 0. The standard InChI is InChI=1S/C7H13N/c1-5-7(3,4)6(2)8-5/h5H,1-4H3. The molecule has 0 aromatic rings. The lowest BCUT2D eigenvalue weighted by Crippen LogP contribution is -2.42. The SMILES string of the molecule is CC1=NC(C)C1(C)C. The molecule has 1 nitrogen and oxygen atoms in total. The predicted octanol–water partition coefficient (Wildman–Crippen LogP) is 1.88. The maximum Gasteiger partial charge on any atom is 0.0573 e. The highest BCUT2D eigenvalue weighted by Gasteiger charge is 2.36. The molecule has 0 aliphatic carbocycles. The Hall–Kier alpha value is -0.330. The van der Waals surface area contributed by atoms with Gasteiger partial charge < -0.3 is 0 Å². The highest BCUT2D eigenvalue weighted by molar-refractivity contribution is 5.92. The van der Waals surface area contributed by atoms with E-state index >= 15 is 0 Å². The van der Waals surface area contributed by atoms with E-state index in [0.717, 1.165) is 0 Å². The fraction of sp³-hybridized carbons (Fsp3) is 0.857. The number of nitrogens with zero attached hydrogens (tertiary/aromatic N) is 1. The van der Waals surface area contributed by atoms with Crippen LogP contribution in [0.25, 0.3) is 0 Å². The first-order valence-corrected chi connectivity index (χ1v) is 3.10. The van der Waals surface area contributed by atoms with Crippen LogP contribution in [-0.2, 0) is 0 Å². The van der Waals surface area contributed by atoms with E-state index in [0.29, 0.717) is 11.5 Å². The second-order valence-electron chi connectivity index (χ2n) is 3.11. The van der Waals surface area contributed by atoms with Crippen molar-refractivity contribution in [2.24, 2.45) is 10.4 Å². The first-order chi connectivity index (χ1) is 3.55. The molecule has 0 saturated carbocycles. The van der Waals surface area contributed by atoms with Gasteiger partial charge in [-0.1, -0.05) is 13.8 Å². The second-order valence-corrected chi connectivity index (χ2v) is 3.11. The summed E-state index contributed by atoms with van der Waals surface area (Å²) < 4.78 is 0. The highest BCUT2D eigenvalue weighted by atomic mass is 14.9. The Balaban J connectivity index is 2.77. The molecule has 0 fully saturated rings. The van der Waals surface area contributed by atoms with Crippen molar-refractivity contribution in [2.75, 3.05) is 0 Å². The zero-order chi connectivity index (χ0) is 6.36. The van der Waals surface area contributed by atoms with Crippen molar-refractivity contribution in [3.8, 4) is 0 Å². The molecule has 0 radical (unpaired) electrons. The van der Waals surface area contributed by atoms with Gasteiger partial charge in [0.2, 0.25) is 0 Å². The molecule has 1 heterocycles. The lowest BCUT2D eigenvalue weighted by atomic mass is 9.76. The summed E-state index contributed by atoms with van der Waals surface area (Å²) in [6, 6.07) is 0.544. The third-order valence-electron chi connectivity index (χ3n) is 2.36. The maximum atomic E-state index is 4.29. The van der Waals surface area contributed by atoms with Gasteiger partial charge in [-0.25, -0.2) is 0 Å². The molecule has 0 aromatic carbocycles. The summed E-state index contributed by atoms with van der Waals surface area (Å²) in [5.41, 5.74) is 1.69. The van der Waals surface area contributed by atoms with E-state index in [4.69, 9.17) is 0 Å². The maximum absolute atomic E-state index is 4.29. The van der Waals surface area contributed by atoms with Crippen LogP contribution in [0.2, 0.25) is 0 Å². The van der Waals surface area contributed by atoms with Crippen molar-refractivity contribution in [1.82, 2.24) is 0 Å². The van der Waals surface area contributed by atoms with Crippen molar-refractivity contribution in [2.45, 2.75) is 33.7 Å². The average Bonchev–Trinajstić information content (AvgIpc) is 1.68. The molecule has 8 heavy (non-hydrogen) atoms. The second kappa shape index (κ2) is 1.34. The molecule has 1 rings (SSSR count). The largest absolute Gasteiger partial charge is 0.290 e. The Kier molecular flexibility index (Phi) is 0.969. The zero-order valence-electron chi connectivity index (χ0n) is 6.02. The van der Waals surface area contributed by atoms with E-state index in [2.05, 4.69) is 32.7 Å². The molecule has 0 N–H and O–H groups in total. The topological polar surface area (TPSA) is 12.4 Å². The van der Waals surface area contributed by atoms with Gasteiger partial charge in [-0.15, -0.1) is 0 Å². The highest BCUT2D eigenvalue weighted by Crippen LogP contribution is 2.33. The van der Waals surface area contributed by atoms with Crippen LogP contribution in [0.3, 0.4) is 0 Å². The smallest absolute Gasteiger partial charge is 0.0573 e. The number of hydrogen-bond acceptors (Lipinski definition) is 1. The molecular weight excluding hydrogens is 98.1 g/mol. The lowest BCUT2D eigenvalue weighted by molar-refractivity contribution is 0.376. The van der Waals surface area contributed by atoms with E-state index in [1.807, 2.05) is 0 Å². The summed E-state index contributed by atoms with van der Waals surface area (Å²) in [6.07, 6.45) is 0. The monoisotopic (exact) mass is 111 g/mol. The third-order valence-corrected chi connectivity index (χ3v) is 2.36. The van der Waals surface area contributed by atoms with E-state index in [1.54, 1.807) is 0 Å². The van der Waals surface area contributed by atoms with Crippen molar-refractivity contribution in [3.63, 3.8) is 0 Å². The zero-order valence-corrected chi connectivity index (χ0v) is 6.02. The normalized spacial score (nSPS) is 33.5. The van der Waals surface area contributed by atoms with E-state index in [-0.39, 0.29) is 0 Å².